The highest BCUT2D eigenvalue weighted by molar-refractivity contribution is 6.31. The van der Waals surface area contributed by atoms with Crippen molar-refractivity contribution in [1.29, 1.82) is 0 Å². The Bertz CT molecular complexity index is 855. The average molecular weight is 321 g/mol. The number of likely N-dealkylation sites (N-methyl/N-ethyl adjacent to an activating group) is 1. The molecule has 4 rings (SSSR count). The van der Waals surface area contributed by atoms with E-state index < -0.39 is 5.82 Å². The molecule has 0 spiro atoms. The molecule has 6 nitrogen and oxygen atoms in total. The maximum Gasteiger partial charge on any atom is 0.204 e. The first-order valence-corrected chi connectivity index (χ1v) is 7.43. The third-order valence-electron chi connectivity index (χ3n) is 4.04. The smallest absolute Gasteiger partial charge is 0.204 e. The van der Waals surface area contributed by atoms with Crippen molar-refractivity contribution in [1.82, 2.24) is 24.5 Å². The summed E-state index contributed by atoms with van der Waals surface area (Å²) < 4.78 is 16.0. The van der Waals surface area contributed by atoms with Crippen molar-refractivity contribution in [2.75, 3.05) is 38.1 Å². The zero-order valence-electron chi connectivity index (χ0n) is 12.0. The number of anilines is 1. The molecule has 0 bridgehead atoms. The highest BCUT2D eigenvalue weighted by Gasteiger charge is 2.21. The molecule has 3 heterocycles. The fourth-order valence-corrected chi connectivity index (χ4v) is 3.00. The number of piperazine rings is 1. The van der Waals surface area contributed by atoms with Gasteiger partial charge in [0.2, 0.25) is 5.65 Å². The molecule has 0 amide bonds. The van der Waals surface area contributed by atoms with Crippen LogP contribution >= 0.6 is 11.6 Å². The molecular formula is C14H14ClFN6. The molecule has 1 aliphatic rings. The van der Waals surface area contributed by atoms with E-state index in [1.165, 1.54) is 6.07 Å². The van der Waals surface area contributed by atoms with Crippen LogP contribution < -0.4 is 4.90 Å². The van der Waals surface area contributed by atoms with Crippen LogP contribution in [0.25, 0.3) is 16.7 Å². The molecule has 0 unspecified atom stereocenters. The molecule has 0 N–H and O–H groups in total. The zero-order valence-corrected chi connectivity index (χ0v) is 12.8. The Balaban J connectivity index is 1.95. The summed E-state index contributed by atoms with van der Waals surface area (Å²) >= 11 is 5.96. The number of halogens is 2. The fourth-order valence-electron chi connectivity index (χ4n) is 2.80. The predicted octanol–water partition coefficient (Wildman–Crippen LogP) is 1.82. The normalized spacial score (nSPS) is 16.8. The second-order valence-corrected chi connectivity index (χ2v) is 5.94. The van der Waals surface area contributed by atoms with Crippen LogP contribution in [0.3, 0.4) is 0 Å². The monoisotopic (exact) mass is 320 g/mol. The Morgan fingerprint density at radius 3 is 2.73 bits per heavy atom. The molecule has 0 radical (unpaired) electrons. The van der Waals surface area contributed by atoms with Gasteiger partial charge in [0.25, 0.3) is 0 Å². The summed E-state index contributed by atoms with van der Waals surface area (Å²) in [5.74, 6) is 0.229. The lowest BCUT2D eigenvalue weighted by Gasteiger charge is -2.33. The van der Waals surface area contributed by atoms with Crippen LogP contribution in [0.4, 0.5) is 10.2 Å². The summed E-state index contributed by atoms with van der Waals surface area (Å²) in [5.41, 5.74) is 1.48. The van der Waals surface area contributed by atoms with Gasteiger partial charge in [-0.2, -0.15) is 0 Å². The van der Waals surface area contributed by atoms with Crippen molar-refractivity contribution in [3.8, 4) is 0 Å². The fraction of sp³-hybridized carbons (Fsp3) is 0.357. The average Bonchev–Trinajstić information content (AvgIpc) is 2.97. The quantitative estimate of drug-likeness (QED) is 0.684. The maximum atomic E-state index is 14.3. The molecule has 1 aromatic carbocycles. The molecule has 1 saturated heterocycles. The van der Waals surface area contributed by atoms with Gasteiger partial charge in [-0.05, 0) is 19.2 Å². The van der Waals surface area contributed by atoms with Crippen molar-refractivity contribution in [2.45, 2.75) is 0 Å². The molecule has 0 saturated carbocycles. The molecule has 114 valence electrons. The standard InChI is InChI=1S/C14H14ClFN6/c1-20-2-4-21(5-3-20)13-14-19-17-8-22(14)11-7-9(15)6-10(16)12(11)18-13/h6-8H,2-5H2,1H3. The third-order valence-corrected chi connectivity index (χ3v) is 4.25. The first kappa shape index (κ1) is 13.7. The van der Waals surface area contributed by atoms with Crippen LogP contribution in [0.2, 0.25) is 5.02 Å². The minimum absolute atomic E-state index is 0.283. The van der Waals surface area contributed by atoms with E-state index in [2.05, 4.69) is 32.0 Å². The van der Waals surface area contributed by atoms with Crippen molar-refractivity contribution < 1.29 is 4.39 Å². The number of hydrogen-bond donors (Lipinski definition) is 0. The van der Waals surface area contributed by atoms with Crippen LogP contribution in [-0.2, 0) is 0 Å². The summed E-state index contributed by atoms with van der Waals surface area (Å²) in [6.45, 7) is 3.52. The molecular weight excluding hydrogens is 307 g/mol. The van der Waals surface area contributed by atoms with Crippen LogP contribution in [0.15, 0.2) is 18.5 Å². The highest BCUT2D eigenvalue weighted by atomic mass is 35.5. The van der Waals surface area contributed by atoms with Crippen LogP contribution in [0.1, 0.15) is 0 Å². The summed E-state index contributed by atoms with van der Waals surface area (Å²) in [6, 6.07) is 2.96. The van der Waals surface area contributed by atoms with Gasteiger partial charge in [0.15, 0.2) is 11.6 Å². The van der Waals surface area contributed by atoms with Crippen molar-refractivity contribution in [3.05, 3.63) is 29.3 Å². The Labute approximate surface area is 131 Å². The van der Waals surface area contributed by atoms with Gasteiger partial charge in [-0.1, -0.05) is 11.6 Å². The Kier molecular flexibility index (Phi) is 3.12. The molecule has 1 fully saturated rings. The van der Waals surface area contributed by atoms with Gasteiger partial charge in [-0.15, -0.1) is 10.2 Å². The summed E-state index contributed by atoms with van der Waals surface area (Å²) in [4.78, 5) is 8.89. The van der Waals surface area contributed by atoms with Crippen molar-refractivity contribution in [3.63, 3.8) is 0 Å². The number of aromatic nitrogens is 4. The summed E-state index contributed by atoms with van der Waals surface area (Å²) in [5, 5.41) is 8.43. The van der Waals surface area contributed by atoms with Gasteiger partial charge in [0, 0.05) is 31.2 Å². The number of nitrogens with zero attached hydrogens (tertiary/aromatic N) is 6. The lowest BCUT2D eigenvalue weighted by atomic mass is 10.2. The maximum absolute atomic E-state index is 14.3. The van der Waals surface area contributed by atoms with Crippen LogP contribution in [0, 0.1) is 5.82 Å². The molecule has 0 aliphatic carbocycles. The zero-order chi connectivity index (χ0) is 15.3. The Morgan fingerprint density at radius 1 is 1.18 bits per heavy atom. The number of rotatable bonds is 1. The molecule has 1 aliphatic heterocycles. The van der Waals surface area contributed by atoms with Gasteiger partial charge in [0.05, 0.1) is 5.52 Å². The van der Waals surface area contributed by atoms with E-state index in [4.69, 9.17) is 11.6 Å². The van der Waals surface area contributed by atoms with E-state index >= 15 is 0 Å². The Hall–Kier alpha value is -1.99. The predicted molar refractivity (Wildman–Crippen MR) is 83.0 cm³/mol. The van der Waals surface area contributed by atoms with Gasteiger partial charge < -0.3 is 9.80 Å². The number of hydrogen-bond acceptors (Lipinski definition) is 5. The van der Waals surface area contributed by atoms with Gasteiger partial charge in [0.1, 0.15) is 11.8 Å². The second kappa shape index (κ2) is 5.03. The minimum atomic E-state index is -0.437. The topological polar surface area (TPSA) is 49.6 Å². The third kappa shape index (κ3) is 2.08. The van der Waals surface area contributed by atoms with E-state index in [0.29, 0.717) is 22.0 Å². The van der Waals surface area contributed by atoms with Crippen molar-refractivity contribution >= 4 is 34.1 Å². The summed E-state index contributed by atoms with van der Waals surface area (Å²) in [7, 11) is 2.08. The summed E-state index contributed by atoms with van der Waals surface area (Å²) in [6.07, 6.45) is 1.56. The van der Waals surface area contributed by atoms with Gasteiger partial charge in [-0.25, -0.2) is 9.37 Å². The van der Waals surface area contributed by atoms with Crippen LogP contribution in [0.5, 0.6) is 0 Å². The van der Waals surface area contributed by atoms with E-state index in [1.54, 1.807) is 16.8 Å². The molecule has 0 atom stereocenters. The second-order valence-electron chi connectivity index (χ2n) is 5.51. The first-order valence-electron chi connectivity index (χ1n) is 7.05. The SMILES string of the molecule is CN1CCN(c2nc3c(F)cc(Cl)cc3n3cnnc23)CC1. The largest absolute Gasteiger partial charge is 0.351 e. The molecule has 3 aromatic rings. The van der Waals surface area contributed by atoms with E-state index in [0.717, 1.165) is 26.2 Å². The lowest BCUT2D eigenvalue weighted by molar-refractivity contribution is 0.312. The minimum Gasteiger partial charge on any atom is -0.351 e. The van der Waals surface area contributed by atoms with E-state index in [9.17, 15) is 4.39 Å². The van der Waals surface area contributed by atoms with Gasteiger partial charge >= 0.3 is 0 Å². The molecule has 22 heavy (non-hydrogen) atoms. The van der Waals surface area contributed by atoms with E-state index in [-0.39, 0.29) is 5.52 Å². The van der Waals surface area contributed by atoms with Gasteiger partial charge in [-0.3, -0.25) is 4.40 Å². The van der Waals surface area contributed by atoms with E-state index in [1.807, 2.05) is 0 Å². The highest BCUT2D eigenvalue weighted by Crippen LogP contribution is 2.27. The molecule has 8 heteroatoms. The number of benzene rings is 1. The number of fused-ring (bicyclic) bond motifs is 3. The first-order chi connectivity index (χ1) is 10.6. The van der Waals surface area contributed by atoms with Crippen molar-refractivity contribution in [2.24, 2.45) is 0 Å². The van der Waals surface area contributed by atoms with Crippen LogP contribution in [-0.4, -0.2) is 57.7 Å². The molecule has 2 aromatic heterocycles. The Morgan fingerprint density at radius 2 is 1.95 bits per heavy atom. The lowest BCUT2D eigenvalue weighted by Crippen LogP contribution is -2.45.